The predicted octanol–water partition coefficient (Wildman–Crippen LogP) is 4.34. The van der Waals surface area contributed by atoms with Crippen molar-refractivity contribution in [3.63, 3.8) is 0 Å². The molecule has 0 aromatic carbocycles. The van der Waals surface area contributed by atoms with Gasteiger partial charge in [-0.3, -0.25) is 0 Å². The minimum atomic E-state index is 0.444. The minimum absolute atomic E-state index is 0.444. The van der Waals surface area contributed by atoms with Gasteiger partial charge in [-0.25, -0.2) is 0 Å². The Morgan fingerprint density at radius 3 is 2.59 bits per heavy atom. The zero-order valence-electron chi connectivity index (χ0n) is 11.0. The van der Waals surface area contributed by atoms with Crippen LogP contribution in [0.5, 0.6) is 0 Å². The highest BCUT2D eigenvalue weighted by Crippen LogP contribution is 2.40. The summed E-state index contributed by atoms with van der Waals surface area (Å²) >= 11 is 1.96. The third kappa shape index (κ3) is 3.32. The fraction of sp³-hybridized carbons (Fsp3) is 0.733. The molecule has 0 aliphatic heterocycles. The molecular formula is C15H25NS. The summed E-state index contributed by atoms with van der Waals surface area (Å²) in [4.78, 5) is 1.61. The standard InChI is InChI=1S/C15H25NS/c1-2-11-16-13-15(14-8-7-12-17-14)9-5-3-4-6-10-15/h7-8,12,16H,2-6,9-11,13H2,1H3. The summed E-state index contributed by atoms with van der Waals surface area (Å²) in [5.74, 6) is 0. The first kappa shape index (κ1) is 13.1. The molecule has 1 N–H and O–H groups in total. The first-order valence-electron chi connectivity index (χ1n) is 7.12. The smallest absolute Gasteiger partial charge is 0.0172 e. The van der Waals surface area contributed by atoms with Gasteiger partial charge in [-0.05, 0) is 37.3 Å². The maximum atomic E-state index is 3.67. The molecular weight excluding hydrogens is 226 g/mol. The van der Waals surface area contributed by atoms with E-state index in [9.17, 15) is 0 Å². The lowest BCUT2D eigenvalue weighted by atomic mass is 9.79. The SMILES string of the molecule is CCCNCC1(c2cccs2)CCCCCC1. The van der Waals surface area contributed by atoms with E-state index in [2.05, 4.69) is 29.8 Å². The second-order valence-electron chi connectivity index (χ2n) is 5.35. The van der Waals surface area contributed by atoms with Crippen LogP contribution in [-0.2, 0) is 5.41 Å². The predicted molar refractivity (Wildman–Crippen MR) is 76.9 cm³/mol. The zero-order valence-corrected chi connectivity index (χ0v) is 11.8. The highest BCUT2D eigenvalue weighted by molar-refractivity contribution is 7.10. The summed E-state index contributed by atoms with van der Waals surface area (Å²) in [6, 6.07) is 4.57. The first-order valence-corrected chi connectivity index (χ1v) is 8.00. The lowest BCUT2D eigenvalue weighted by Gasteiger charge is -2.32. The van der Waals surface area contributed by atoms with Crippen LogP contribution in [0.2, 0.25) is 0 Å². The third-order valence-corrected chi connectivity index (χ3v) is 5.11. The Balaban J connectivity index is 2.09. The topological polar surface area (TPSA) is 12.0 Å². The van der Waals surface area contributed by atoms with Gasteiger partial charge in [0.05, 0.1) is 0 Å². The third-order valence-electron chi connectivity index (χ3n) is 3.99. The van der Waals surface area contributed by atoms with Gasteiger partial charge >= 0.3 is 0 Å². The molecule has 0 saturated heterocycles. The maximum absolute atomic E-state index is 3.67. The van der Waals surface area contributed by atoms with Gasteiger partial charge in [0.2, 0.25) is 0 Å². The van der Waals surface area contributed by atoms with Crippen LogP contribution in [-0.4, -0.2) is 13.1 Å². The molecule has 0 spiro atoms. The Bertz CT molecular complexity index is 297. The second-order valence-corrected chi connectivity index (χ2v) is 6.30. The molecule has 17 heavy (non-hydrogen) atoms. The van der Waals surface area contributed by atoms with Gasteiger partial charge in [0.1, 0.15) is 0 Å². The van der Waals surface area contributed by atoms with Crippen LogP contribution in [0, 0.1) is 0 Å². The summed E-state index contributed by atoms with van der Waals surface area (Å²) < 4.78 is 0. The largest absolute Gasteiger partial charge is 0.316 e. The summed E-state index contributed by atoms with van der Waals surface area (Å²) in [6.07, 6.45) is 9.67. The van der Waals surface area contributed by atoms with E-state index in [1.165, 1.54) is 51.5 Å². The molecule has 1 aromatic heterocycles. The molecule has 0 radical (unpaired) electrons. The Morgan fingerprint density at radius 1 is 1.24 bits per heavy atom. The summed E-state index contributed by atoms with van der Waals surface area (Å²) in [5.41, 5.74) is 0.444. The van der Waals surface area contributed by atoms with Crippen molar-refractivity contribution in [3.8, 4) is 0 Å². The molecule has 1 heterocycles. The van der Waals surface area contributed by atoms with Gasteiger partial charge in [-0.15, -0.1) is 11.3 Å². The molecule has 96 valence electrons. The Kier molecular flexibility index (Phi) is 5.05. The number of nitrogens with one attached hydrogen (secondary N) is 1. The van der Waals surface area contributed by atoms with Gasteiger partial charge < -0.3 is 5.32 Å². The average molecular weight is 251 g/mol. The minimum Gasteiger partial charge on any atom is -0.316 e. The molecule has 2 rings (SSSR count). The van der Waals surface area contributed by atoms with E-state index in [4.69, 9.17) is 0 Å². The summed E-state index contributed by atoms with van der Waals surface area (Å²) in [6.45, 7) is 4.59. The fourth-order valence-electron chi connectivity index (χ4n) is 3.00. The first-order chi connectivity index (χ1) is 8.37. The summed E-state index contributed by atoms with van der Waals surface area (Å²) in [7, 11) is 0. The molecule has 0 unspecified atom stereocenters. The molecule has 0 amide bonds. The van der Waals surface area contributed by atoms with E-state index in [1.807, 2.05) is 11.3 Å². The van der Waals surface area contributed by atoms with E-state index in [0.717, 1.165) is 6.54 Å². The van der Waals surface area contributed by atoms with Gasteiger partial charge in [0.25, 0.3) is 0 Å². The van der Waals surface area contributed by atoms with Crippen molar-refractivity contribution in [3.05, 3.63) is 22.4 Å². The van der Waals surface area contributed by atoms with Crippen molar-refractivity contribution in [1.82, 2.24) is 5.32 Å². The highest BCUT2D eigenvalue weighted by atomic mass is 32.1. The number of rotatable bonds is 5. The Hall–Kier alpha value is -0.340. The van der Waals surface area contributed by atoms with Gasteiger partial charge in [0.15, 0.2) is 0 Å². The van der Waals surface area contributed by atoms with Crippen LogP contribution in [0.4, 0.5) is 0 Å². The van der Waals surface area contributed by atoms with Crippen molar-refractivity contribution < 1.29 is 0 Å². The van der Waals surface area contributed by atoms with Crippen LogP contribution >= 0.6 is 11.3 Å². The summed E-state index contributed by atoms with van der Waals surface area (Å²) in [5, 5.41) is 5.91. The molecule has 0 bridgehead atoms. The molecule has 1 aliphatic carbocycles. The molecule has 1 fully saturated rings. The molecule has 1 aliphatic rings. The number of hydrogen-bond acceptors (Lipinski definition) is 2. The second kappa shape index (κ2) is 6.55. The quantitative estimate of drug-likeness (QED) is 0.606. The van der Waals surface area contributed by atoms with Crippen molar-refractivity contribution in [1.29, 1.82) is 0 Å². The Labute approximate surface area is 110 Å². The van der Waals surface area contributed by atoms with E-state index in [1.54, 1.807) is 4.88 Å². The van der Waals surface area contributed by atoms with Gasteiger partial charge in [-0.1, -0.05) is 38.7 Å². The number of thiophene rings is 1. The van der Waals surface area contributed by atoms with Crippen LogP contribution in [0.3, 0.4) is 0 Å². The fourth-order valence-corrected chi connectivity index (χ4v) is 3.99. The zero-order chi connectivity index (χ0) is 12.0. The lowest BCUT2D eigenvalue weighted by molar-refractivity contribution is 0.354. The van der Waals surface area contributed by atoms with E-state index in [0.29, 0.717) is 5.41 Å². The van der Waals surface area contributed by atoms with Gasteiger partial charge in [-0.2, -0.15) is 0 Å². The molecule has 0 atom stereocenters. The van der Waals surface area contributed by atoms with Crippen LogP contribution in [0.25, 0.3) is 0 Å². The van der Waals surface area contributed by atoms with Crippen molar-refractivity contribution >= 4 is 11.3 Å². The molecule has 2 heteroatoms. The van der Waals surface area contributed by atoms with Crippen molar-refractivity contribution in [2.45, 2.75) is 57.3 Å². The lowest BCUT2D eigenvalue weighted by Crippen LogP contribution is -2.37. The van der Waals surface area contributed by atoms with E-state index < -0.39 is 0 Å². The maximum Gasteiger partial charge on any atom is 0.0172 e. The van der Waals surface area contributed by atoms with Crippen molar-refractivity contribution in [2.24, 2.45) is 0 Å². The van der Waals surface area contributed by atoms with Crippen LogP contribution in [0.15, 0.2) is 17.5 Å². The van der Waals surface area contributed by atoms with Crippen molar-refractivity contribution in [2.75, 3.05) is 13.1 Å². The van der Waals surface area contributed by atoms with Gasteiger partial charge in [0, 0.05) is 16.8 Å². The normalized spacial score (nSPS) is 20.1. The van der Waals surface area contributed by atoms with Crippen LogP contribution in [0.1, 0.15) is 56.7 Å². The molecule has 1 nitrogen and oxygen atoms in total. The number of hydrogen-bond donors (Lipinski definition) is 1. The van der Waals surface area contributed by atoms with E-state index in [-0.39, 0.29) is 0 Å². The molecule has 1 aromatic rings. The monoisotopic (exact) mass is 251 g/mol. The Morgan fingerprint density at radius 2 is 2.00 bits per heavy atom. The molecule has 1 saturated carbocycles. The van der Waals surface area contributed by atoms with E-state index >= 15 is 0 Å². The van der Waals surface area contributed by atoms with Crippen LogP contribution < -0.4 is 5.32 Å². The highest BCUT2D eigenvalue weighted by Gasteiger charge is 2.33. The average Bonchev–Trinajstić information content (AvgIpc) is 2.78.